The fraction of sp³-hybridized carbons (Fsp3) is 0.571. The molecule has 0 bridgehead atoms. The van der Waals surface area contributed by atoms with E-state index in [2.05, 4.69) is 191 Å². The molecular formula is C77H120O6. The zero-order chi connectivity index (χ0) is 59.9. The van der Waals surface area contributed by atoms with Crippen LogP contribution in [0.4, 0.5) is 0 Å². The van der Waals surface area contributed by atoms with Crippen molar-refractivity contribution in [1.82, 2.24) is 0 Å². The van der Waals surface area contributed by atoms with Gasteiger partial charge >= 0.3 is 17.9 Å². The van der Waals surface area contributed by atoms with Crippen molar-refractivity contribution in [2.24, 2.45) is 0 Å². The normalized spacial score (nSPS) is 13.3. The highest BCUT2D eigenvalue weighted by Crippen LogP contribution is 2.15. The fourth-order valence-electron chi connectivity index (χ4n) is 8.55. The molecule has 0 heterocycles. The number of hydrogen-bond donors (Lipinski definition) is 0. The molecule has 0 aromatic rings. The van der Waals surface area contributed by atoms with Crippen molar-refractivity contribution in [3.8, 4) is 0 Å². The van der Waals surface area contributed by atoms with Crippen LogP contribution in [0.3, 0.4) is 0 Å². The van der Waals surface area contributed by atoms with Gasteiger partial charge in [-0.3, -0.25) is 14.4 Å². The number of allylic oxidation sites excluding steroid dienone is 30. The van der Waals surface area contributed by atoms with Crippen LogP contribution in [0.1, 0.15) is 265 Å². The van der Waals surface area contributed by atoms with Gasteiger partial charge in [0.05, 0.1) is 0 Å². The molecule has 6 heteroatoms. The maximum atomic E-state index is 12.9. The highest BCUT2D eigenvalue weighted by Gasteiger charge is 2.19. The maximum Gasteiger partial charge on any atom is 0.306 e. The van der Waals surface area contributed by atoms with E-state index in [9.17, 15) is 14.4 Å². The van der Waals surface area contributed by atoms with Gasteiger partial charge in [0.2, 0.25) is 0 Å². The minimum absolute atomic E-state index is 0.118. The van der Waals surface area contributed by atoms with Crippen molar-refractivity contribution in [1.29, 1.82) is 0 Å². The third-order valence-electron chi connectivity index (χ3n) is 13.4. The Morgan fingerprint density at radius 1 is 0.241 bits per heavy atom. The van der Waals surface area contributed by atoms with Gasteiger partial charge in [0.25, 0.3) is 0 Å². The fourth-order valence-corrected chi connectivity index (χ4v) is 8.55. The summed E-state index contributed by atoms with van der Waals surface area (Å²) in [5.41, 5.74) is 0. The predicted molar refractivity (Wildman–Crippen MR) is 361 cm³/mol. The molecule has 464 valence electrons. The number of hydrogen-bond acceptors (Lipinski definition) is 6. The Kier molecular flexibility index (Phi) is 64.4. The molecule has 1 unspecified atom stereocenters. The first-order valence-electron chi connectivity index (χ1n) is 33.3. The van der Waals surface area contributed by atoms with Crippen molar-refractivity contribution in [3.63, 3.8) is 0 Å². The lowest BCUT2D eigenvalue weighted by Crippen LogP contribution is -2.30. The van der Waals surface area contributed by atoms with Crippen LogP contribution in [0.25, 0.3) is 0 Å². The van der Waals surface area contributed by atoms with E-state index in [0.717, 1.165) is 148 Å². The standard InChI is InChI=1S/C77H120O6/c1-4-7-10-13-16-19-22-25-27-29-30-31-32-33-34-35-36-37-38-39-40-41-42-43-44-45-46-48-49-52-55-58-61-64-67-70-76(79)82-73-74(72-81-75(78)69-66-63-60-57-54-51-24-21-18-15-12-9-6-3)83-77(80)71-68-65-62-59-56-53-50-47-28-26-23-20-17-14-11-8-5-2/h7-12,16-21,25-28,30-31,33-34,36-37,39-40,50-51,53-54,60,63,74H,4-6,13-15,22-24,29,32,35,38,41-49,52,55-59,61-62,64-73H2,1-3H3/b10-7-,11-8-,12-9-,19-16-,20-17-,21-18-,27-25-,28-26-,31-30-,34-33-,37-36-,40-39-,53-50-,54-51-,63-60-. The molecule has 0 aromatic carbocycles. The van der Waals surface area contributed by atoms with Crippen molar-refractivity contribution in [3.05, 3.63) is 182 Å². The molecule has 0 spiro atoms. The summed E-state index contributed by atoms with van der Waals surface area (Å²) in [6.45, 7) is 6.20. The molecule has 1 atom stereocenters. The van der Waals surface area contributed by atoms with E-state index in [4.69, 9.17) is 14.2 Å². The van der Waals surface area contributed by atoms with Crippen LogP contribution < -0.4 is 0 Å². The minimum atomic E-state index is -0.830. The lowest BCUT2D eigenvalue weighted by molar-refractivity contribution is -0.166. The van der Waals surface area contributed by atoms with Gasteiger partial charge in [-0.1, -0.05) is 287 Å². The van der Waals surface area contributed by atoms with Crippen molar-refractivity contribution < 1.29 is 28.6 Å². The van der Waals surface area contributed by atoms with Crippen LogP contribution in [-0.2, 0) is 28.6 Å². The summed E-state index contributed by atoms with van der Waals surface area (Å²) >= 11 is 0. The first kappa shape index (κ1) is 77.5. The van der Waals surface area contributed by atoms with E-state index in [-0.39, 0.29) is 44.0 Å². The molecule has 0 amide bonds. The van der Waals surface area contributed by atoms with Crippen LogP contribution in [0.15, 0.2) is 182 Å². The number of esters is 3. The lowest BCUT2D eigenvalue weighted by atomic mass is 10.0. The Labute approximate surface area is 510 Å². The highest BCUT2D eigenvalue weighted by molar-refractivity contribution is 5.71. The van der Waals surface area contributed by atoms with E-state index in [1.54, 1.807) is 0 Å². The van der Waals surface area contributed by atoms with Crippen LogP contribution >= 0.6 is 0 Å². The largest absolute Gasteiger partial charge is 0.462 e. The number of carbonyl (C=O) groups excluding carboxylic acids is 3. The van der Waals surface area contributed by atoms with Crippen molar-refractivity contribution in [2.75, 3.05) is 13.2 Å². The Balaban J connectivity index is 4.29. The molecule has 0 rings (SSSR count). The molecule has 0 aliphatic heterocycles. The maximum absolute atomic E-state index is 12.9. The molecule has 0 aliphatic rings. The summed E-state index contributed by atoms with van der Waals surface area (Å²) in [5, 5.41) is 0. The van der Waals surface area contributed by atoms with Gasteiger partial charge in [-0.05, 0) is 141 Å². The average molecular weight is 1140 g/mol. The summed E-state index contributed by atoms with van der Waals surface area (Å²) in [7, 11) is 0. The van der Waals surface area contributed by atoms with Gasteiger partial charge in [-0.2, -0.15) is 0 Å². The summed E-state index contributed by atoms with van der Waals surface area (Å²) in [6, 6.07) is 0. The number of ether oxygens (including phenoxy) is 3. The Hall–Kier alpha value is -5.49. The molecule has 0 saturated carbocycles. The van der Waals surface area contributed by atoms with Crippen molar-refractivity contribution >= 4 is 17.9 Å². The quantitative estimate of drug-likeness (QED) is 0.0261. The minimum Gasteiger partial charge on any atom is -0.462 e. The number of carbonyl (C=O) groups is 3. The topological polar surface area (TPSA) is 78.9 Å². The van der Waals surface area contributed by atoms with E-state index < -0.39 is 6.10 Å². The lowest BCUT2D eigenvalue weighted by Gasteiger charge is -2.18. The van der Waals surface area contributed by atoms with Crippen molar-refractivity contribution in [2.45, 2.75) is 271 Å². The second-order valence-corrected chi connectivity index (χ2v) is 21.2. The third-order valence-corrected chi connectivity index (χ3v) is 13.4. The van der Waals surface area contributed by atoms with Gasteiger partial charge in [0.1, 0.15) is 13.2 Å². The number of rotatable bonds is 58. The Morgan fingerprint density at radius 2 is 0.458 bits per heavy atom. The Bertz CT molecular complexity index is 1940. The van der Waals surface area contributed by atoms with Gasteiger partial charge < -0.3 is 14.2 Å². The van der Waals surface area contributed by atoms with Crippen LogP contribution in [-0.4, -0.2) is 37.2 Å². The Morgan fingerprint density at radius 3 is 0.747 bits per heavy atom. The van der Waals surface area contributed by atoms with Gasteiger partial charge in [-0.15, -0.1) is 0 Å². The van der Waals surface area contributed by atoms with E-state index in [0.29, 0.717) is 12.8 Å². The summed E-state index contributed by atoms with van der Waals surface area (Å²) in [6.07, 6.45) is 104. The molecule has 0 aromatic heterocycles. The molecule has 0 saturated heterocycles. The van der Waals surface area contributed by atoms with Crippen LogP contribution in [0, 0.1) is 0 Å². The van der Waals surface area contributed by atoms with E-state index in [1.165, 1.54) is 70.6 Å². The smallest absolute Gasteiger partial charge is 0.306 e. The molecule has 0 N–H and O–H groups in total. The highest BCUT2D eigenvalue weighted by atomic mass is 16.6. The van der Waals surface area contributed by atoms with Crippen LogP contribution in [0.5, 0.6) is 0 Å². The monoisotopic (exact) mass is 1140 g/mol. The number of unbranched alkanes of at least 4 members (excludes halogenated alkanes) is 17. The second kappa shape index (κ2) is 69.0. The zero-order valence-electron chi connectivity index (χ0n) is 53.1. The average Bonchev–Trinajstić information content (AvgIpc) is 3.49. The molecular weight excluding hydrogens is 1020 g/mol. The zero-order valence-corrected chi connectivity index (χ0v) is 53.1. The first-order chi connectivity index (χ1) is 41.0. The summed E-state index contributed by atoms with van der Waals surface area (Å²) < 4.78 is 16.8. The predicted octanol–water partition coefficient (Wildman–Crippen LogP) is 23.2. The first-order valence-corrected chi connectivity index (χ1v) is 33.3. The van der Waals surface area contributed by atoms with E-state index >= 15 is 0 Å². The SMILES string of the molecule is CC/C=C\C/C=C\C/C=C\C/C=C\C/C=C\C/C=C\C/C=C\CCCCCCCCCCCCCCCC(=O)OCC(COC(=O)CC/C=C\C/C=C\C/C=C\C/C=C\CC)OC(=O)CCCCCC/C=C\C/C=C\C/C=C\C/C=C\CC. The second-order valence-electron chi connectivity index (χ2n) is 21.2. The van der Waals surface area contributed by atoms with E-state index in [1.807, 2.05) is 12.2 Å². The summed E-state index contributed by atoms with van der Waals surface area (Å²) in [4.78, 5) is 38.3. The third kappa shape index (κ3) is 67.2. The van der Waals surface area contributed by atoms with Crippen LogP contribution in [0.2, 0.25) is 0 Å². The molecule has 83 heavy (non-hydrogen) atoms. The molecule has 6 nitrogen and oxygen atoms in total. The van der Waals surface area contributed by atoms with Gasteiger partial charge in [0.15, 0.2) is 6.10 Å². The molecule has 0 aliphatic carbocycles. The molecule has 0 fully saturated rings. The van der Waals surface area contributed by atoms with Gasteiger partial charge in [0, 0.05) is 19.3 Å². The molecule has 0 radical (unpaired) electrons. The summed E-state index contributed by atoms with van der Waals surface area (Å²) in [5.74, 6) is -1.03. The van der Waals surface area contributed by atoms with Gasteiger partial charge in [-0.25, -0.2) is 0 Å².